The van der Waals surface area contributed by atoms with Gasteiger partial charge in [-0.3, -0.25) is 10.1 Å². The zero-order chi connectivity index (χ0) is 20.4. The second kappa shape index (κ2) is 8.10. The Kier molecular flexibility index (Phi) is 5.37. The van der Waals surface area contributed by atoms with E-state index in [1.165, 1.54) is 24.3 Å². The molecule has 0 spiro atoms. The van der Waals surface area contributed by atoms with Crippen LogP contribution in [-0.4, -0.2) is 16.0 Å². The van der Waals surface area contributed by atoms with E-state index in [2.05, 4.69) is 31.5 Å². The number of thiocarbonyl (C=S) groups is 1. The Balaban J connectivity index is 1.48. The number of halogens is 2. The maximum atomic E-state index is 13.0. The minimum absolute atomic E-state index is 0.120. The SMILES string of the molecule is O=C(NC(=S)Nc1ccc2oc(-c3cccc(Br)c3)nc2c1)c1ccc(F)cc1. The van der Waals surface area contributed by atoms with Gasteiger partial charge in [0.15, 0.2) is 10.7 Å². The van der Waals surface area contributed by atoms with Crippen molar-refractivity contribution >= 4 is 56.0 Å². The molecular weight excluding hydrogens is 457 g/mol. The average molecular weight is 470 g/mol. The fraction of sp³-hybridized carbons (Fsp3) is 0. The van der Waals surface area contributed by atoms with Gasteiger partial charge in [0.25, 0.3) is 5.91 Å². The number of anilines is 1. The van der Waals surface area contributed by atoms with E-state index in [1.54, 1.807) is 18.2 Å². The molecule has 1 amide bonds. The molecule has 2 N–H and O–H groups in total. The Labute approximate surface area is 179 Å². The molecule has 0 saturated carbocycles. The number of carbonyl (C=O) groups is 1. The van der Waals surface area contributed by atoms with Crippen LogP contribution < -0.4 is 10.6 Å². The lowest BCUT2D eigenvalue weighted by atomic mass is 10.2. The fourth-order valence-electron chi connectivity index (χ4n) is 2.69. The number of nitrogens with zero attached hydrogens (tertiary/aromatic N) is 1. The molecule has 0 radical (unpaired) electrons. The van der Waals surface area contributed by atoms with Gasteiger partial charge in [0, 0.05) is 21.3 Å². The van der Waals surface area contributed by atoms with Crippen molar-refractivity contribution in [3.8, 4) is 11.5 Å². The van der Waals surface area contributed by atoms with Crippen LogP contribution in [0, 0.1) is 5.82 Å². The van der Waals surface area contributed by atoms with E-state index in [-0.39, 0.29) is 5.11 Å². The van der Waals surface area contributed by atoms with Gasteiger partial charge >= 0.3 is 0 Å². The molecular formula is C21H13BrFN3O2S. The summed E-state index contributed by atoms with van der Waals surface area (Å²) in [6.45, 7) is 0. The average Bonchev–Trinajstić information content (AvgIpc) is 3.12. The van der Waals surface area contributed by atoms with Crippen LogP contribution in [-0.2, 0) is 0 Å². The number of benzene rings is 3. The highest BCUT2D eigenvalue weighted by Gasteiger charge is 2.11. The second-order valence-corrected chi connectivity index (χ2v) is 7.45. The lowest BCUT2D eigenvalue weighted by Gasteiger charge is -2.09. The van der Waals surface area contributed by atoms with Gasteiger partial charge < -0.3 is 9.73 Å². The molecule has 3 aromatic carbocycles. The van der Waals surface area contributed by atoms with Crippen LogP contribution in [0.1, 0.15) is 10.4 Å². The van der Waals surface area contributed by atoms with Crippen molar-refractivity contribution in [2.24, 2.45) is 0 Å². The molecule has 0 saturated heterocycles. The van der Waals surface area contributed by atoms with Crippen LogP contribution in [0.3, 0.4) is 0 Å². The number of oxazole rings is 1. The van der Waals surface area contributed by atoms with E-state index < -0.39 is 11.7 Å². The Morgan fingerprint density at radius 3 is 2.62 bits per heavy atom. The summed E-state index contributed by atoms with van der Waals surface area (Å²) >= 11 is 8.63. The number of amides is 1. The van der Waals surface area contributed by atoms with E-state index >= 15 is 0 Å². The number of aromatic nitrogens is 1. The third-order valence-electron chi connectivity index (χ3n) is 4.05. The smallest absolute Gasteiger partial charge is 0.257 e. The van der Waals surface area contributed by atoms with Gasteiger partial charge in [0.1, 0.15) is 11.3 Å². The van der Waals surface area contributed by atoms with Gasteiger partial charge in [-0.15, -0.1) is 0 Å². The first-order chi connectivity index (χ1) is 14.0. The van der Waals surface area contributed by atoms with E-state index in [4.69, 9.17) is 16.6 Å². The molecule has 0 atom stereocenters. The third kappa shape index (κ3) is 4.49. The van der Waals surface area contributed by atoms with E-state index in [0.717, 1.165) is 10.0 Å². The molecule has 1 aromatic heterocycles. The minimum atomic E-state index is -0.429. The molecule has 8 heteroatoms. The number of nitrogens with one attached hydrogen (secondary N) is 2. The minimum Gasteiger partial charge on any atom is -0.436 e. The Bertz CT molecular complexity index is 1220. The Morgan fingerprint density at radius 1 is 1.07 bits per heavy atom. The largest absolute Gasteiger partial charge is 0.436 e. The molecule has 0 bridgehead atoms. The summed E-state index contributed by atoms with van der Waals surface area (Å²) in [5.41, 5.74) is 3.09. The lowest BCUT2D eigenvalue weighted by Crippen LogP contribution is -2.34. The van der Waals surface area contributed by atoms with Crippen molar-refractivity contribution in [3.05, 3.63) is 82.6 Å². The maximum absolute atomic E-state index is 13.0. The summed E-state index contributed by atoms with van der Waals surface area (Å²) in [6, 6.07) is 18.2. The van der Waals surface area contributed by atoms with Gasteiger partial charge in [-0.2, -0.15) is 0 Å². The van der Waals surface area contributed by atoms with E-state index in [1.807, 2.05) is 24.3 Å². The zero-order valence-electron chi connectivity index (χ0n) is 14.8. The molecule has 1 heterocycles. The first kappa shape index (κ1) is 19.2. The van der Waals surface area contributed by atoms with Gasteiger partial charge in [-0.25, -0.2) is 9.37 Å². The van der Waals surface area contributed by atoms with Crippen LogP contribution in [0.5, 0.6) is 0 Å². The maximum Gasteiger partial charge on any atom is 0.257 e. The number of hydrogen-bond donors (Lipinski definition) is 2. The first-order valence-electron chi connectivity index (χ1n) is 8.52. The monoisotopic (exact) mass is 469 g/mol. The Morgan fingerprint density at radius 2 is 1.86 bits per heavy atom. The predicted octanol–water partition coefficient (Wildman–Crippen LogP) is 5.52. The van der Waals surface area contributed by atoms with Crippen LogP contribution in [0.2, 0.25) is 0 Å². The molecule has 0 aliphatic carbocycles. The van der Waals surface area contributed by atoms with Crippen molar-refractivity contribution < 1.29 is 13.6 Å². The molecule has 4 aromatic rings. The summed E-state index contributed by atoms with van der Waals surface area (Å²) in [6.07, 6.45) is 0. The Hall–Kier alpha value is -3.10. The third-order valence-corrected chi connectivity index (χ3v) is 4.75. The van der Waals surface area contributed by atoms with Crippen LogP contribution in [0.15, 0.2) is 75.6 Å². The highest BCUT2D eigenvalue weighted by molar-refractivity contribution is 9.10. The van der Waals surface area contributed by atoms with Crippen molar-refractivity contribution in [1.29, 1.82) is 0 Å². The van der Waals surface area contributed by atoms with Crippen LogP contribution >= 0.6 is 28.1 Å². The van der Waals surface area contributed by atoms with Crippen molar-refractivity contribution in [3.63, 3.8) is 0 Å². The van der Waals surface area contributed by atoms with Gasteiger partial charge in [-0.05, 0) is 72.9 Å². The molecule has 4 rings (SSSR count). The molecule has 0 aliphatic rings. The van der Waals surface area contributed by atoms with E-state index in [9.17, 15) is 9.18 Å². The van der Waals surface area contributed by atoms with Crippen LogP contribution in [0.25, 0.3) is 22.6 Å². The molecule has 29 heavy (non-hydrogen) atoms. The normalized spacial score (nSPS) is 10.7. The van der Waals surface area contributed by atoms with E-state index in [0.29, 0.717) is 28.2 Å². The number of rotatable bonds is 3. The standard InChI is InChI=1S/C21H13BrFN3O2S/c22-14-3-1-2-13(10-14)20-25-17-11-16(8-9-18(17)28-20)24-21(29)26-19(27)12-4-6-15(23)7-5-12/h1-11H,(H2,24,26,27,29). The fourth-order valence-corrected chi connectivity index (χ4v) is 3.30. The first-order valence-corrected chi connectivity index (χ1v) is 9.72. The molecule has 0 fully saturated rings. The number of carbonyl (C=O) groups excluding carboxylic acids is 1. The summed E-state index contributed by atoms with van der Waals surface area (Å²) in [7, 11) is 0. The summed E-state index contributed by atoms with van der Waals surface area (Å²) in [5.74, 6) is -0.335. The quantitative estimate of drug-likeness (QED) is 0.386. The van der Waals surface area contributed by atoms with Crippen molar-refractivity contribution in [1.82, 2.24) is 10.3 Å². The molecule has 5 nitrogen and oxygen atoms in total. The van der Waals surface area contributed by atoms with Crippen LogP contribution in [0.4, 0.5) is 10.1 Å². The summed E-state index contributed by atoms with van der Waals surface area (Å²) in [5, 5.41) is 5.62. The zero-order valence-corrected chi connectivity index (χ0v) is 17.2. The lowest BCUT2D eigenvalue weighted by molar-refractivity contribution is 0.0977. The van der Waals surface area contributed by atoms with Crippen molar-refractivity contribution in [2.75, 3.05) is 5.32 Å². The molecule has 0 aliphatic heterocycles. The molecule has 0 unspecified atom stereocenters. The van der Waals surface area contributed by atoms with Gasteiger partial charge in [0.2, 0.25) is 5.89 Å². The molecule has 144 valence electrons. The summed E-state index contributed by atoms with van der Waals surface area (Å²) < 4.78 is 19.7. The summed E-state index contributed by atoms with van der Waals surface area (Å²) in [4.78, 5) is 16.7. The second-order valence-electron chi connectivity index (χ2n) is 6.13. The highest BCUT2D eigenvalue weighted by Crippen LogP contribution is 2.27. The number of hydrogen-bond acceptors (Lipinski definition) is 4. The van der Waals surface area contributed by atoms with Gasteiger partial charge in [0.05, 0.1) is 0 Å². The number of fused-ring (bicyclic) bond motifs is 1. The van der Waals surface area contributed by atoms with Gasteiger partial charge in [-0.1, -0.05) is 22.0 Å². The van der Waals surface area contributed by atoms with Crippen molar-refractivity contribution in [2.45, 2.75) is 0 Å². The topological polar surface area (TPSA) is 67.2 Å². The highest BCUT2D eigenvalue weighted by atomic mass is 79.9. The predicted molar refractivity (Wildman–Crippen MR) is 117 cm³/mol.